The lowest BCUT2D eigenvalue weighted by atomic mass is 9.93. The molecule has 6 nitrogen and oxygen atoms in total. The van der Waals surface area contributed by atoms with E-state index in [-0.39, 0.29) is 24.5 Å². The molecule has 0 bridgehead atoms. The second-order valence-corrected chi connectivity index (χ2v) is 10.4. The summed E-state index contributed by atoms with van der Waals surface area (Å²) in [6, 6.07) is 3.75. The van der Waals surface area contributed by atoms with E-state index in [1.807, 2.05) is 31.7 Å². The van der Waals surface area contributed by atoms with Gasteiger partial charge in [-0.3, -0.25) is 4.79 Å². The van der Waals surface area contributed by atoms with E-state index in [1.165, 1.54) is 12.1 Å². The van der Waals surface area contributed by atoms with Crippen LogP contribution in [0.2, 0.25) is 0 Å². The van der Waals surface area contributed by atoms with Gasteiger partial charge in [0.2, 0.25) is 0 Å². The zero-order valence-corrected chi connectivity index (χ0v) is 21.1. The van der Waals surface area contributed by atoms with Crippen LogP contribution < -0.4 is 4.90 Å². The van der Waals surface area contributed by atoms with E-state index in [0.717, 1.165) is 11.6 Å². The van der Waals surface area contributed by atoms with Gasteiger partial charge >= 0.3 is 18.2 Å². The van der Waals surface area contributed by atoms with Crippen molar-refractivity contribution in [2.24, 2.45) is 5.92 Å². The van der Waals surface area contributed by atoms with Crippen LogP contribution in [0.3, 0.4) is 0 Å². The Kier molecular flexibility index (Phi) is 8.07. The predicted molar refractivity (Wildman–Crippen MR) is 128 cm³/mol. The molecule has 2 heterocycles. The van der Waals surface area contributed by atoms with Crippen LogP contribution in [0.15, 0.2) is 24.3 Å². The minimum Gasteiger partial charge on any atom is -0.460 e. The summed E-state index contributed by atoms with van der Waals surface area (Å²) in [5, 5.41) is 0. The maximum atomic E-state index is 13.6. The second kappa shape index (κ2) is 10.5. The Hall–Kier alpha value is -2.71. The molecule has 1 amide bonds. The molecule has 1 aromatic carbocycles. The summed E-state index contributed by atoms with van der Waals surface area (Å²) in [7, 11) is 0. The smallest absolute Gasteiger partial charge is 0.416 e. The van der Waals surface area contributed by atoms with E-state index in [4.69, 9.17) is 9.47 Å². The molecule has 0 aliphatic carbocycles. The molecule has 0 atom stereocenters. The van der Waals surface area contributed by atoms with E-state index in [9.17, 15) is 22.8 Å². The summed E-state index contributed by atoms with van der Waals surface area (Å²) in [5.74, 6) is -0.550. The van der Waals surface area contributed by atoms with Crippen LogP contribution in [0.5, 0.6) is 0 Å². The van der Waals surface area contributed by atoms with Gasteiger partial charge in [0.15, 0.2) is 0 Å². The third kappa shape index (κ3) is 7.15. The van der Waals surface area contributed by atoms with Gasteiger partial charge in [-0.25, -0.2) is 4.79 Å². The van der Waals surface area contributed by atoms with E-state index in [1.54, 1.807) is 18.7 Å². The van der Waals surface area contributed by atoms with E-state index >= 15 is 0 Å². The van der Waals surface area contributed by atoms with E-state index in [2.05, 4.69) is 0 Å². The summed E-state index contributed by atoms with van der Waals surface area (Å²) in [6.45, 7) is 10.6. The number of benzene rings is 1. The van der Waals surface area contributed by atoms with Crippen LogP contribution in [0.4, 0.5) is 23.7 Å². The zero-order chi connectivity index (χ0) is 26.0. The van der Waals surface area contributed by atoms with E-state index in [0.29, 0.717) is 50.1 Å². The highest BCUT2D eigenvalue weighted by atomic mass is 19.4. The topological polar surface area (TPSA) is 59.1 Å². The van der Waals surface area contributed by atoms with Crippen molar-refractivity contribution in [2.75, 3.05) is 31.1 Å². The molecule has 3 rings (SSSR count). The quantitative estimate of drug-likeness (QED) is 0.486. The maximum absolute atomic E-state index is 13.6. The lowest BCUT2D eigenvalue weighted by Crippen LogP contribution is -2.40. The number of nitrogens with zero attached hydrogens (tertiary/aromatic N) is 2. The molecule has 1 fully saturated rings. The SMILES string of the molecule is CC(C)OC(=O)N1CCC=C(c2ccc(C(F)(F)F)cc2N2CCC(C(=O)OC(C)(C)C)CC2)C1. The van der Waals surface area contributed by atoms with Crippen LogP contribution in [0.1, 0.15) is 65.0 Å². The van der Waals surface area contributed by atoms with Gasteiger partial charge < -0.3 is 19.3 Å². The Labute approximate surface area is 205 Å². The molecule has 0 spiro atoms. The Morgan fingerprint density at radius 3 is 2.29 bits per heavy atom. The van der Waals surface area contributed by atoms with E-state index < -0.39 is 23.4 Å². The van der Waals surface area contributed by atoms with Crippen molar-refractivity contribution in [2.45, 2.75) is 71.8 Å². The van der Waals surface area contributed by atoms with Crippen LogP contribution in [0, 0.1) is 5.92 Å². The second-order valence-electron chi connectivity index (χ2n) is 10.4. The molecule has 0 N–H and O–H groups in total. The van der Waals surface area contributed by atoms with Crippen LogP contribution in [-0.2, 0) is 20.4 Å². The number of amides is 1. The fourth-order valence-corrected chi connectivity index (χ4v) is 4.35. The van der Waals surface area contributed by atoms with Gasteiger partial charge in [-0.05, 0) is 71.6 Å². The fourth-order valence-electron chi connectivity index (χ4n) is 4.35. The average molecular weight is 497 g/mol. The number of hydrogen-bond donors (Lipinski definition) is 0. The number of ether oxygens (including phenoxy) is 2. The lowest BCUT2D eigenvalue weighted by Gasteiger charge is -2.36. The first-order valence-electron chi connectivity index (χ1n) is 12.1. The number of alkyl halides is 3. The highest BCUT2D eigenvalue weighted by Gasteiger charge is 2.34. The maximum Gasteiger partial charge on any atom is 0.416 e. The predicted octanol–water partition coefficient (Wildman–Crippen LogP) is 5.90. The molecule has 194 valence electrons. The minimum absolute atomic E-state index is 0.259. The van der Waals surface area contributed by atoms with Crippen molar-refractivity contribution in [3.63, 3.8) is 0 Å². The van der Waals surface area contributed by atoms with Crippen molar-refractivity contribution in [3.8, 4) is 0 Å². The summed E-state index contributed by atoms with van der Waals surface area (Å²) in [6.07, 6.45) is -1.62. The monoisotopic (exact) mass is 496 g/mol. The van der Waals surface area contributed by atoms with Crippen molar-refractivity contribution in [1.29, 1.82) is 0 Å². The zero-order valence-electron chi connectivity index (χ0n) is 21.1. The summed E-state index contributed by atoms with van der Waals surface area (Å²) in [4.78, 5) is 28.4. The number of anilines is 1. The van der Waals surface area contributed by atoms with Gasteiger partial charge in [-0.2, -0.15) is 13.2 Å². The van der Waals surface area contributed by atoms with Crippen molar-refractivity contribution >= 4 is 23.3 Å². The highest BCUT2D eigenvalue weighted by Crippen LogP contribution is 2.38. The number of hydrogen-bond acceptors (Lipinski definition) is 5. The van der Waals surface area contributed by atoms with Crippen molar-refractivity contribution in [1.82, 2.24) is 4.90 Å². The molecule has 0 saturated carbocycles. The summed E-state index contributed by atoms with van der Waals surface area (Å²) >= 11 is 0. The van der Waals surface area contributed by atoms with Gasteiger partial charge in [0.05, 0.1) is 17.6 Å². The number of piperidine rings is 1. The number of esters is 1. The fraction of sp³-hybridized carbons (Fsp3) is 0.615. The molecule has 2 aliphatic heterocycles. The van der Waals surface area contributed by atoms with Gasteiger partial charge in [-0.1, -0.05) is 12.1 Å². The summed E-state index contributed by atoms with van der Waals surface area (Å²) < 4.78 is 51.5. The first-order chi connectivity index (χ1) is 16.2. The lowest BCUT2D eigenvalue weighted by molar-refractivity contribution is -0.160. The number of rotatable bonds is 4. The Bertz CT molecular complexity index is 958. The van der Waals surface area contributed by atoms with Crippen LogP contribution in [0.25, 0.3) is 5.57 Å². The highest BCUT2D eigenvalue weighted by molar-refractivity contribution is 5.82. The Morgan fingerprint density at radius 2 is 1.71 bits per heavy atom. The Balaban J connectivity index is 1.84. The molecule has 1 saturated heterocycles. The largest absolute Gasteiger partial charge is 0.460 e. The first-order valence-corrected chi connectivity index (χ1v) is 12.1. The number of carbonyl (C=O) groups is 2. The molecular weight excluding hydrogens is 461 g/mol. The standard InChI is InChI=1S/C26H35F3N2O4/c1-17(2)34-24(33)31-12-6-7-19(16-31)21-9-8-20(26(27,28)29)15-22(21)30-13-10-18(11-14-30)23(32)35-25(3,4)5/h7-9,15,17-18H,6,10-14,16H2,1-5H3. The molecular formula is C26H35F3N2O4. The molecule has 1 aromatic rings. The molecule has 35 heavy (non-hydrogen) atoms. The normalized spacial score (nSPS) is 17.9. The molecule has 0 aromatic heterocycles. The number of carbonyl (C=O) groups excluding carboxylic acids is 2. The Morgan fingerprint density at radius 1 is 1.06 bits per heavy atom. The number of halogens is 3. The molecule has 9 heteroatoms. The van der Waals surface area contributed by atoms with Gasteiger partial charge in [-0.15, -0.1) is 0 Å². The van der Waals surface area contributed by atoms with Crippen LogP contribution in [-0.4, -0.2) is 54.8 Å². The van der Waals surface area contributed by atoms with Crippen molar-refractivity contribution < 1.29 is 32.2 Å². The van der Waals surface area contributed by atoms with Crippen molar-refractivity contribution in [3.05, 3.63) is 35.4 Å². The first kappa shape index (κ1) is 26.9. The molecule has 2 aliphatic rings. The van der Waals surface area contributed by atoms with Gasteiger partial charge in [0, 0.05) is 37.4 Å². The minimum atomic E-state index is -4.48. The van der Waals surface area contributed by atoms with Gasteiger partial charge in [0.25, 0.3) is 0 Å². The summed E-state index contributed by atoms with van der Waals surface area (Å²) in [5.41, 5.74) is 0.606. The third-order valence-electron chi connectivity index (χ3n) is 5.99. The van der Waals surface area contributed by atoms with Crippen LogP contribution >= 0.6 is 0 Å². The average Bonchev–Trinajstić information content (AvgIpc) is 2.76. The third-order valence-corrected chi connectivity index (χ3v) is 5.99. The van der Waals surface area contributed by atoms with Gasteiger partial charge in [0.1, 0.15) is 5.60 Å². The molecule has 0 unspecified atom stereocenters. The molecule has 0 radical (unpaired) electrons.